The minimum Gasteiger partial charge on any atom is -0.497 e. The molecule has 0 amide bonds. The second-order valence-electron chi connectivity index (χ2n) is 7.61. The predicted octanol–water partition coefficient (Wildman–Crippen LogP) is 5.99. The maximum Gasteiger partial charge on any atom is 0.118 e. The van der Waals surface area contributed by atoms with Crippen LogP contribution in [0.1, 0.15) is 34.5 Å². The van der Waals surface area contributed by atoms with E-state index in [4.69, 9.17) is 9.72 Å². The highest BCUT2D eigenvalue weighted by atomic mass is 16.5. The number of nitrogens with zero attached hydrogens (tertiary/aromatic N) is 2. The molecule has 3 heteroatoms. The quantitative estimate of drug-likeness (QED) is 0.517. The standard InChI is InChI=1S/C27H24N2O/c1-4-22-24(5-2)29-26-23(25(22)20-11-13-21(30-3)14-12-20)15-16-27(26,18-28)17-19-9-7-6-8-10-19/h4-14H,1-2,15-17H2,3H3/t27-/m0/s1. The minimum atomic E-state index is -0.643. The smallest absolute Gasteiger partial charge is 0.118 e. The summed E-state index contributed by atoms with van der Waals surface area (Å²) in [5, 5.41) is 10.3. The summed E-state index contributed by atoms with van der Waals surface area (Å²) >= 11 is 0. The van der Waals surface area contributed by atoms with Gasteiger partial charge in [0.1, 0.15) is 11.2 Å². The van der Waals surface area contributed by atoms with Crippen molar-refractivity contribution in [3.05, 3.63) is 95.8 Å². The maximum absolute atomic E-state index is 10.3. The first-order valence-corrected chi connectivity index (χ1v) is 10.1. The zero-order valence-electron chi connectivity index (χ0n) is 17.2. The van der Waals surface area contributed by atoms with Gasteiger partial charge in [0.2, 0.25) is 0 Å². The molecule has 2 aromatic carbocycles. The van der Waals surface area contributed by atoms with E-state index in [9.17, 15) is 5.26 Å². The van der Waals surface area contributed by atoms with Crippen molar-refractivity contribution in [1.82, 2.24) is 4.98 Å². The Kier molecular flexibility index (Phi) is 5.25. The Labute approximate surface area is 178 Å². The molecule has 0 radical (unpaired) electrons. The van der Waals surface area contributed by atoms with Crippen LogP contribution in [0.25, 0.3) is 23.3 Å². The number of fused-ring (bicyclic) bond motifs is 1. The molecule has 0 N–H and O–H groups in total. The van der Waals surface area contributed by atoms with Crippen LogP contribution >= 0.6 is 0 Å². The highest BCUT2D eigenvalue weighted by Crippen LogP contribution is 2.46. The van der Waals surface area contributed by atoms with E-state index in [0.29, 0.717) is 6.42 Å². The van der Waals surface area contributed by atoms with E-state index in [1.165, 1.54) is 0 Å². The second-order valence-corrected chi connectivity index (χ2v) is 7.61. The van der Waals surface area contributed by atoms with Crippen LogP contribution in [0.2, 0.25) is 0 Å². The molecule has 1 aliphatic carbocycles. The highest BCUT2D eigenvalue weighted by Gasteiger charge is 2.43. The third-order valence-electron chi connectivity index (χ3n) is 5.96. The Balaban J connectivity index is 1.94. The molecule has 0 unspecified atom stereocenters. The fourth-order valence-electron chi connectivity index (χ4n) is 4.47. The van der Waals surface area contributed by atoms with Gasteiger partial charge in [0, 0.05) is 5.56 Å². The molecule has 148 valence electrons. The van der Waals surface area contributed by atoms with Gasteiger partial charge in [-0.05, 0) is 59.7 Å². The lowest BCUT2D eigenvalue weighted by atomic mass is 9.79. The number of hydrogen-bond donors (Lipinski definition) is 0. The third-order valence-corrected chi connectivity index (χ3v) is 5.96. The van der Waals surface area contributed by atoms with Crippen molar-refractivity contribution in [2.45, 2.75) is 24.7 Å². The zero-order valence-corrected chi connectivity index (χ0v) is 17.2. The number of hydrogen-bond acceptors (Lipinski definition) is 3. The Morgan fingerprint density at radius 3 is 2.43 bits per heavy atom. The van der Waals surface area contributed by atoms with Crippen LogP contribution in [0, 0.1) is 11.3 Å². The van der Waals surface area contributed by atoms with E-state index in [1.807, 2.05) is 36.4 Å². The van der Waals surface area contributed by atoms with E-state index >= 15 is 0 Å². The number of rotatable bonds is 6. The molecule has 0 fully saturated rings. The molecule has 0 spiro atoms. The van der Waals surface area contributed by atoms with Gasteiger partial charge < -0.3 is 4.74 Å². The molecule has 3 aromatic rings. The third kappa shape index (κ3) is 3.21. The lowest BCUT2D eigenvalue weighted by Gasteiger charge is -2.23. The lowest BCUT2D eigenvalue weighted by molar-refractivity contribution is 0.415. The van der Waals surface area contributed by atoms with Crippen LogP contribution in [-0.2, 0) is 18.3 Å². The summed E-state index contributed by atoms with van der Waals surface area (Å²) in [6.45, 7) is 8.00. The summed E-state index contributed by atoms with van der Waals surface area (Å²) < 4.78 is 5.32. The molecule has 30 heavy (non-hydrogen) atoms. The number of benzene rings is 2. The van der Waals surface area contributed by atoms with Crippen molar-refractivity contribution in [3.63, 3.8) is 0 Å². The SMILES string of the molecule is C=Cc1nc2c(c(-c3ccc(OC)cc3)c1C=C)CC[C@@]2(C#N)Cc1ccccc1. The van der Waals surface area contributed by atoms with Crippen LogP contribution in [0.5, 0.6) is 5.75 Å². The molecule has 1 atom stereocenters. The molecule has 0 saturated heterocycles. The minimum absolute atomic E-state index is 0.643. The number of pyridine rings is 1. The van der Waals surface area contributed by atoms with E-state index < -0.39 is 5.41 Å². The summed E-state index contributed by atoms with van der Waals surface area (Å²) in [6, 6.07) is 20.8. The van der Waals surface area contributed by atoms with Gasteiger partial charge in [-0.3, -0.25) is 4.98 Å². The average Bonchev–Trinajstić information content (AvgIpc) is 3.16. The van der Waals surface area contributed by atoms with Crippen LogP contribution in [-0.4, -0.2) is 12.1 Å². The maximum atomic E-state index is 10.3. The molecule has 1 aliphatic rings. The van der Waals surface area contributed by atoms with Crippen molar-refractivity contribution in [2.75, 3.05) is 7.11 Å². The first-order valence-electron chi connectivity index (χ1n) is 10.1. The van der Waals surface area contributed by atoms with Gasteiger partial charge >= 0.3 is 0 Å². The molecular weight excluding hydrogens is 368 g/mol. The van der Waals surface area contributed by atoms with Crippen molar-refractivity contribution < 1.29 is 4.74 Å². The first-order chi connectivity index (χ1) is 14.7. The monoisotopic (exact) mass is 392 g/mol. The summed E-state index contributed by atoms with van der Waals surface area (Å²) in [5.41, 5.74) is 6.41. The number of aromatic nitrogens is 1. The number of nitriles is 1. The van der Waals surface area contributed by atoms with Crippen LogP contribution in [0.4, 0.5) is 0 Å². The second kappa shape index (κ2) is 8.00. The van der Waals surface area contributed by atoms with E-state index in [2.05, 4.69) is 43.5 Å². The Morgan fingerprint density at radius 1 is 1.10 bits per heavy atom. The fraction of sp³-hybridized carbons (Fsp3) is 0.185. The normalized spacial score (nSPS) is 17.1. The van der Waals surface area contributed by atoms with Crippen LogP contribution in [0.15, 0.2) is 67.8 Å². The van der Waals surface area contributed by atoms with E-state index in [1.54, 1.807) is 13.2 Å². The molecule has 0 aliphatic heterocycles. The topological polar surface area (TPSA) is 45.9 Å². The summed E-state index contributed by atoms with van der Waals surface area (Å²) in [5.74, 6) is 0.809. The highest BCUT2D eigenvalue weighted by molar-refractivity contribution is 5.83. The number of ether oxygens (including phenoxy) is 1. The first kappa shape index (κ1) is 19.7. The molecule has 1 aromatic heterocycles. The number of methoxy groups -OCH3 is 1. The van der Waals surface area contributed by atoms with Crippen molar-refractivity contribution >= 4 is 12.2 Å². The molecule has 0 bridgehead atoms. The van der Waals surface area contributed by atoms with Crippen molar-refractivity contribution in [2.24, 2.45) is 0 Å². The lowest BCUT2D eigenvalue weighted by Crippen LogP contribution is -2.25. The summed E-state index contributed by atoms with van der Waals surface area (Å²) in [7, 11) is 1.66. The van der Waals surface area contributed by atoms with E-state index in [-0.39, 0.29) is 0 Å². The predicted molar refractivity (Wildman–Crippen MR) is 122 cm³/mol. The van der Waals surface area contributed by atoms with Gasteiger partial charge in [-0.2, -0.15) is 5.26 Å². The van der Waals surface area contributed by atoms with Crippen molar-refractivity contribution in [3.8, 4) is 22.9 Å². The van der Waals surface area contributed by atoms with E-state index in [0.717, 1.165) is 57.8 Å². The van der Waals surface area contributed by atoms with Gasteiger partial charge in [0.25, 0.3) is 0 Å². The summed E-state index contributed by atoms with van der Waals surface area (Å²) in [4.78, 5) is 4.95. The van der Waals surface area contributed by atoms with Crippen LogP contribution < -0.4 is 4.74 Å². The fourth-order valence-corrected chi connectivity index (χ4v) is 4.47. The Bertz CT molecular complexity index is 1140. The molecule has 3 nitrogen and oxygen atoms in total. The largest absolute Gasteiger partial charge is 0.497 e. The summed E-state index contributed by atoms with van der Waals surface area (Å²) in [6.07, 6.45) is 5.81. The molecular formula is C27H24N2O. The van der Waals surface area contributed by atoms with Gasteiger partial charge in [-0.25, -0.2) is 0 Å². The Morgan fingerprint density at radius 2 is 1.83 bits per heavy atom. The van der Waals surface area contributed by atoms with Gasteiger partial charge in [-0.15, -0.1) is 0 Å². The average molecular weight is 393 g/mol. The molecule has 1 heterocycles. The molecule has 4 rings (SSSR count). The Hall–Kier alpha value is -3.64. The van der Waals surface area contributed by atoms with Crippen molar-refractivity contribution in [1.29, 1.82) is 5.26 Å². The van der Waals surface area contributed by atoms with Gasteiger partial charge in [0.05, 0.1) is 24.6 Å². The van der Waals surface area contributed by atoms with Gasteiger partial charge in [0.15, 0.2) is 0 Å². The zero-order chi connectivity index (χ0) is 21.1. The molecule has 0 saturated carbocycles. The van der Waals surface area contributed by atoms with Crippen LogP contribution in [0.3, 0.4) is 0 Å². The van der Waals surface area contributed by atoms with Gasteiger partial charge in [-0.1, -0.05) is 61.7 Å².